The van der Waals surface area contributed by atoms with Gasteiger partial charge in [0.15, 0.2) is 15.9 Å². The minimum absolute atomic E-state index is 0.0430. The molecule has 0 aliphatic rings. The summed E-state index contributed by atoms with van der Waals surface area (Å²) in [5, 5.41) is 12.2. The number of aromatic nitrogens is 4. The third-order valence-electron chi connectivity index (χ3n) is 12.3. The predicted molar refractivity (Wildman–Crippen MR) is 306 cm³/mol. The zero-order valence-corrected chi connectivity index (χ0v) is 48.7. The van der Waals surface area contributed by atoms with E-state index in [9.17, 15) is 24.0 Å². The third-order valence-corrected chi connectivity index (χ3v) is 17.2. The van der Waals surface area contributed by atoms with Crippen molar-refractivity contribution in [1.29, 1.82) is 0 Å². The first-order valence-electron chi connectivity index (χ1n) is 26.5. The second-order valence-electron chi connectivity index (χ2n) is 18.5. The van der Waals surface area contributed by atoms with Crippen LogP contribution in [0.3, 0.4) is 0 Å². The average molecular weight is 1210 g/mol. The number of carbonyl (C=O) groups is 4. The fraction of sp³-hybridized carbons (Fsp3) is 0.411. The van der Waals surface area contributed by atoms with Gasteiger partial charge in [-0.3, -0.25) is 33.1 Å². The SMILES string of the molecule is CCOC(=O)[C@H](Cc1ccccc1)NP(=O)(CCOCC(COCP(=O)(N[C@@H](Cc1ccccc1)C(=O)OCC)N[C@@H](Cc1ccccc1)C(=O)OCC)Cn1c(Br)nc2c(=O)[nH]cnc21)N[C@@H](Cc1ccccc1)C(=O)OCC. The number of fused-ring (bicyclic) bond motifs is 1. The maximum Gasteiger partial charge on any atom is 0.323 e. The quantitative estimate of drug-likeness (QED) is 0.00887. The van der Waals surface area contributed by atoms with E-state index in [1.165, 1.54) is 6.33 Å². The van der Waals surface area contributed by atoms with Crippen molar-refractivity contribution in [3.05, 3.63) is 165 Å². The highest BCUT2D eigenvalue weighted by molar-refractivity contribution is 9.10. The fourth-order valence-corrected chi connectivity index (χ4v) is 13.3. The molecule has 2 aromatic heterocycles. The van der Waals surface area contributed by atoms with Gasteiger partial charge in [0.05, 0.1) is 58.7 Å². The van der Waals surface area contributed by atoms with Crippen molar-refractivity contribution in [2.24, 2.45) is 5.92 Å². The number of nitrogens with zero attached hydrogens (tertiary/aromatic N) is 3. The molecule has 6 rings (SSSR count). The lowest BCUT2D eigenvalue weighted by Gasteiger charge is -2.30. The summed E-state index contributed by atoms with van der Waals surface area (Å²) in [6.45, 7) is 6.41. The molecule has 5 N–H and O–H groups in total. The minimum atomic E-state index is -4.18. The van der Waals surface area contributed by atoms with Crippen molar-refractivity contribution < 1.29 is 56.7 Å². The van der Waals surface area contributed by atoms with Crippen LogP contribution in [0.4, 0.5) is 0 Å². The van der Waals surface area contributed by atoms with Crippen LogP contribution in [0.25, 0.3) is 11.2 Å². The smallest absolute Gasteiger partial charge is 0.323 e. The highest BCUT2D eigenvalue weighted by Gasteiger charge is 2.38. The molecule has 0 saturated heterocycles. The van der Waals surface area contributed by atoms with Crippen LogP contribution in [0.5, 0.6) is 0 Å². The molecule has 2 heterocycles. The standard InChI is InChI=1S/C56H71BrN8O13P2/c1-5-75-52(67)45(31-40-21-13-9-14-22-40)61-79(71,62-46(53(68)76-6-2)32-41-23-15-10-16-24-41)30-29-73-36-44(35-65-50-49(60-56(65)57)51(66)59-38-58-50)37-74-39-80(72,63-47(54(69)77-7-3)33-42-25-17-11-18-26-42)64-48(55(70)78-8-4)34-43-27-19-12-20-28-43/h9-28,38,44-48H,5-8,29-37,39H2,1-4H3,(H,58,59,66)(H2,61,62,71)(H2,63,64,72)/t44?,45-,46-,47-,48-/m0/s1. The van der Waals surface area contributed by atoms with Gasteiger partial charge in [-0.15, -0.1) is 0 Å². The van der Waals surface area contributed by atoms with Crippen LogP contribution in [0.2, 0.25) is 0 Å². The number of ether oxygens (including phenoxy) is 6. The van der Waals surface area contributed by atoms with Gasteiger partial charge in [0, 0.05) is 12.5 Å². The van der Waals surface area contributed by atoms with Crippen LogP contribution in [0.15, 0.2) is 137 Å². The summed E-state index contributed by atoms with van der Waals surface area (Å²) in [7, 11) is -8.21. The van der Waals surface area contributed by atoms with E-state index in [-0.39, 0.29) is 101 Å². The molecule has 6 aromatic rings. The Balaban J connectivity index is 1.31. The Hall–Kier alpha value is -6.19. The number of halogens is 1. The van der Waals surface area contributed by atoms with Gasteiger partial charge in [-0.2, -0.15) is 0 Å². The van der Waals surface area contributed by atoms with Crippen LogP contribution in [0.1, 0.15) is 49.9 Å². The molecule has 0 aliphatic carbocycles. The van der Waals surface area contributed by atoms with E-state index in [0.717, 1.165) is 22.3 Å². The van der Waals surface area contributed by atoms with Crippen molar-refractivity contribution in [3.63, 3.8) is 0 Å². The average Bonchev–Trinajstić information content (AvgIpc) is 3.79. The molecule has 4 aromatic carbocycles. The molecule has 430 valence electrons. The monoisotopic (exact) mass is 1200 g/mol. The molecular formula is C56H71BrN8O13P2. The number of rotatable bonds is 35. The Morgan fingerprint density at radius 1 is 0.562 bits per heavy atom. The van der Waals surface area contributed by atoms with Crippen molar-refractivity contribution in [2.45, 2.75) is 84.1 Å². The molecule has 0 radical (unpaired) electrons. The summed E-state index contributed by atoms with van der Waals surface area (Å²) in [5.74, 6) is -3.32. The minimum Gasteiger partial charge on any atom is -0.465 e. The first-order chi connectivity index (χ1) is 38.6. The third kappa shape index (κ3) is 19.8. The lowest BCUT2D eigenvalue weighted by Crippen LogP contribution is -2.46. The highest BCUT2D eigenvalue weighted by atomic mass is 79.9. The van der Waals surface area contributed by atoms with Crippen LogP contribution >= 0.6 is 30.8 Å². The normalized spacial score (nSPS) is 13.7. The predicted octanol–water partition coefficient (Wildman–Crippen LogP) is 6.93. The lowest BCUT2D eigenvalue weighted by atomic mass is 10.1. The number of carbonyl (C=O) groups excluding carboxylic acids is 4. The first-order valence-corrected chi connectivity index (χ1v) is 31.1. The number of hydrogen-bond donors (Lipinski definition) is 5. The zero-order chi connectivity index (χ0) is 57.3. The van der Waals surface area contributed by atoms with E-state index in [2.05, 4.69) is 51.2 Å². The molecule has 80 heavy (non-hydrogen) atoms. The Labute approximate surface area is 474 Å². The van der Waals surface area contributed by atoms with Crippen LogP contribution in [-0.4, -0.2) is 126 Å². The molecule has 24 heteroatoms. The van der Waals surface area contributed by atoms with Gasteiger partial charge in [0.2, 0.25) is 14.9 Å². The summed E-state index contributed by atoms with van der Waals surface area (Å²) >= 11 is 3.48. The molecule has 0 amide bonds. The molecule has 1 unspecified atom stereocenters. The van der Waals surface area contributed by atoms with Gasteiger partial charge in [0.1, 0.15) is 30.5 Å². The van der Waals surface area contributed by atoms with Gasteiger partial charge in [-0.25, -0.2) is 30.3 Å². The fourth-order valence-electron chi connectivity index (χ4n) is 8.67. The van der Waals surface area contributed by atoms with E-state index in [0.29, 0.717) is 0 Å². The van der Waals surface area contributed by atoms with Crippen molar-refractivity contribution in [2.75, 3.05) is 58.8 Å². The second-order valence-corrected chi connectivity index (χ2v) is 23.9. The Bertz CT molecular complexity index is 2910. The van der Waals surface area contributed by atoms with Crippen LogP contribution in [-0.2, 0) is 89.0 Å². The Morgan fingerprint density at radius 3 is 1.30 bits per heavy atom. The summed E-state index contributed by atoms with van der Waals surface area (Å²) in [5.41, 5.74) is 2.83. The Morgan fingerprint density at radius 2 is 0.925 bits per heavy atom. The maximum absolute atomic E-state index is 15.6. The number of nitrogens with one attached hydrogen (secondary N) is 5. The molecule has 0 aliphatic heterocycles. The number of hydrogen-bond acceptors (Lipinski definition) is 15. The number of esters is 4. The van der Waals surface area contributed by atoms with Gasteiger partial charge < -0.3 is 38.0 Å². The number of imidazole rings is 1. The summed E-state index contributed by atoms with van der Waals surface area (Å²) in [6, 6.07) is 31.9. The summed E-state index contributed by atoms with van der Waals surface area (Å²) in [4.78, 5) is 78.8. The van der Waals surface area contributed by atoms with Gasteiger partial charge in [0.25, 0.3) is 5.56 Å². The number of benzene rings is 4. The molecule has 0 spiro atoms. The molecule has 0 saturated carbocycles. The van der Waals surface area contributed by atoms with Crippen molar-refractivity contribution >= 4 is 65.9 Å². The molecule has 0 fully saturated rings. The van der Waals surface area contributed by atoms with Gasteiger partial charge >= 0.3 is 23.9 Å². The molecule has 0 bridgehead atoms. The highest BCUT2D eigenvalue weighted by Crippen LogP contribution is 2.40. The number of aromatic amines is 1. The van der Waals surface area contributed by atoms with Gasteiger partial charge in [-0.1, -0.05) is 121 Å². The van der Waals surface area contributed by atoms with Crippen molar-refractivity contribution in [3.8, 4) is 0 Å². The maximum atomic E-state index is 15.6. The van der Waals surface area contributed by atoms with E-state index >= 15 is 9.13 Å². The molecule has 21 nitrogen and oxygen atoms in total. The van der Waals surface area contributed by atoms with E-state index in [1.807, 2.05) is 121 Å². The Kier molecular flexibility index (Phi) is 25.4. The van der Waals surface area contributed by atoms with Crippen LogP contribution in [0, 0.1) is 5.92 Å². The second kappa shape index (κ2) is 32.3. The number of H-pyrrole nitrogens is 1. The van der Waals surface area contributed by atoms with Crippen molar-refractivity contribution in [1.82, 2.24) is 39.9 Å². The van der Waals surface area contributed by atoms with E-state index in [1.54, 1.807) is 32.3 Å². The van der Waals surface area contributed by atoms with E-state index < -0.39 is 80.8 Å². The largest absolute Gasteiger partial charge is 0.465 e. The zero-order valence-electron chi connectivity index (χ0n) is 45.3. The first kappa shape index (κ1) is 63.0. The molecular weight excluding hydrogens is 1130 g/mol. The lowest BCUT2D eigenvalue weighted by molar-refractivity contribution is -0.146. The van der Waals surface area contributed by atoms with Crippen LogP contribution < -0.4 is 25.9 Å². The van der Waals surface area contributed by atoms with E-state index in [4.69, 9.17) is 28.4 Å². The summed E-state index contributed by atoms with van der Waals surface area (Å²) < 4.78 is 67.6. The topological polar surface area (TPSA) is 269 Å². The van der Waals surface area contributed by atoms with Gasteiger partial charge in [-0.05, 0) is 91.6 Å². The summed E-state index contributed by atoms with van der Waals surface area (Å²) in [6.07, 6.45) is 0.783. The molecule has 5 atom stereocenters.